The van der Waals surface area contributed by atoms with E-state index in [9.17, 15) is 0 Å². The van der Waals surface area contributed by atoms with Gasteiger partial charge in [0.2, 0.25) is 5.88 Å². The first-order valence-corrected chi connectivity index (χ1v) is 7.86. The molecule has 0 radical (unpaired) electrons. The zero-order valence-corrected chi connectivity index (χ0v) is 13.9. The number of hydrogen-bond donors (Lipinski definition) is 1. The molecular formula is C14H17BrN2O2S. The summed E-state index contributed by atoms with van der Waals surface area (Å²) in [5.74, 6) is 0.613. The van der Waals surface area contributed by atoms with Crippen molar-refractivity contribution in [1.82, 2.24) is 4.98 Å². The average Bonchev–Trinajstić information content (AvgIpc) is 2.77. The van der Waals surface area contributed by atoms with Crippen molar-refractivity contribution in [3.8, 4) is 5.88 Å². The number of methoxy groups -OCH3 is 1. The zero-order chi connectivity index (χ0) is 14.4. The van der Waals surface area contributed by atoms with Gasteiger partial charge in [0.1, 0.15) is 6.61 Å². The van der Waals surface area contributed by atoms with Crippen LogP contribution < -0.4 is 10.1 Å². The summed E-state index contributed by atoms with van der Waals surface area (Å²) in [6.45, 7) is 3.97. The topological polar surface area (TPSA) is 43.4 Å². The Kier molecular flexibility index (Phi) is 5.82. The second-order valence-corrected chi connectivity index (χ2v) is 6.39. The summed E-state index contributed by atoms with van der Waals surface area (Å²) in [6, 6.07) is 5.96. The number of nitrogens with one attached hydrogen (secondary N) is 1. The van der Waals surface area contributed by atoms with Gasteiger partial charge in [-0.1, -0.05) is 0 Å². The molecule has 0 unspecified atom stereocenters. The molecule has 0 atom stereocenters. The Labute approximate surface area is 131 Å². The highest BCUT2D eigenvalue weighted by atomic mass is 79.9. The minimum absolute atomic E-state index is 0.513. The first-order chi connectivity index (χ1) is 9.69. The highest BCUT2D eigenvalue weighted by molar-refractivity contribution is 9.10. The molecule has 20 heavy (non-hydrogen) atoms. The summed E-state index contributed by atoms with van der Waals surface area (Å²) in [4.78, 5) is 6.82. The zero-order valence-electron chi connectivity index (χ0n) is 11.5. The van der Waals surface area contributed by atoms with Crippen LogP contribution in [0.2, 0.25) is 0 Å². The molecule has 6 heteroatoms. The standard InChI is InChI=1S/C14H17BrN2O2S/c1-10-13(15)7-12(20-10)9-16-11-3-4-14(17-8-11)19-6-5-18-2/h3-4,7-8,16H,5-6,9H2,1-2H3. The number of aryl methyl sites for hydroxylation is 1. The lowest BCUT2D eigenvalue weighted by Crippen LogP contribution is -2.05. The van der Waals surface area contributed by atoms with Gasteiger partial charge in [-0.05, 0) is 35.0 Å². The number of rotatable bonds is 7. The van der Waals surface area contributed by atoms with Crippen LogP contribution in [-0.2, 0) is 11.3 Å². The first-order valence-electron chi connectivity index (χ1n) is 6.25. The fourth-order valence-corrected chi connectivity index (χ4v) is 3.14. The number of halogens is 1. The van der Waals surface area contributed by atoms with Gasteiger partial charge in [-0.25, -0.2) is 4.98 Å². The van der Waals surface area contributed by atoms with Gasteiger partial charge in [-0.3, -0.25) is 0 Å². The van der Waals surface area contributed by atoms with Gasteiger partial charge in [0.05, 0.1) is 18.5 Å². The summed E-state index contributed by atoms with van der Waals surface area (Å²) < 4.78 is 11.5. The second-order valence-electron chi connectivity index (χ2n) is 4.20. The maximum Gasteiger partial charge on any atom is 0.213 e. The molecule has 0 aliphatic heterocycles. The lowest BCUT2D eigenvalue weighted by Gasteiger charge is -2.07. The quantitative estimate of drug-likeness (QED) is 0.765. The summed E-state index contributed by atoms with van der Waals surface area (Å²) >= 11 is 5.31. The van der Waals surface area contributed by atoms with Crippen molar-refractivity contribution >= 4 is 33.0 Å². The fraction of sp³-hybridized carbons (Fsp3) is 0.357. The molecular weight excluding hydrogens is 340 g/mol. The van der Waals surface area contributed by atoms with E-state index in [1.807, 2.05) is 12.1 Å². The number of thiophene rings is 1. The van der Waals surface area contributed by atoms with E-state index in [1.165, 1.54) is 14.2 Å². The Hall–Kier alpha value is -1.11. The highest BCUT2D eigenvalue weighted by Crippen LogP contribution is 2.26. The van der Waals surface area contributed by atoms with Crippen molar-refractivity contribution in [3.63, 3.8) is 0 Å². The van der Waals surface area contributed by atoms with Crippen LogP contribution in [0.3, 0.4) is 0 Å². The van der Waals surface area contributed by atoms with E-state index in [-0.39, 0.29) is 0 Å². The predicted octanol–water partition coefficient (Wildman–Crippen LogP) is 3.85. The van der Waals surface area contributed by atoms with Crippen LogP contribution in [0, 0.1) is 6.92 Å². The molecule has 108 valence electrons. The van der Waals surface area contributed by atoms with Gasteiger partial charge in [-0.15, -0.1) is 11.3 Å². The second kappa shape index (κ2) is 7.61. The van der Waals surface area contributed by atoms with Crippen LogP contribution in [0.4, 0.5) is 5.69 Å². The van der Waals surface area contributed by atoms with E-state index in [0.29, 0.717) is 19.1 Å². The van der Waals surface area contributed by atoms with E-state index >= 15 is 0 Å². The molecule has 0 aliphatic rings. The molecule has 0 amide bonds. The third kappa shape index (κ3) is 4.47. The molecule has 2 aromatic rings. The molecule has 0 saturated carbocycles. The Bertz CT molecular complexity index is 523. The molecule has 2 aromatic heterocycles. The van der Waals surface area contributed by atoms with Gasteiger partial charge in [-0.2, -0.15) is 0 Å². The largest absolute Gasteiger partial charge is 0.475 e. The normalized spacial score (nSPS) is 10.6. The summed E-state index contributed by atoms with van der Waals surface area (Å²) in [6.07, 6.45) is 1.78. The molecule has 0 aromatic carbocycles. The average molecular weight is 357 g/mol. The molecule has 0 fully saturated rings. The fourth-order valence-electron chi connectivity index (χ4n) is 1.59. The number of hydrogen-bond acceptors (Lipinski definition) is 5. The number of aromatic nitrogens is 1. The van der Waals surface area contributed by atoms with Gasteiger partial charge in [0.15, 0.2) is 0 Å². The van der Waals surface area contributed by atoms with Crippen LogP contribution in [0.5, 0.6) is 5.88 Å². The Balaban J connectivity index is 1.84. The summed E-state index contributed by atoms with van der Waals surface area (Å²) in [5.41, 5.74) is 0.978. The smallest absolute Gasteiger partial charge is 0.213 e. The van der Waals surface area contributed by atoms with Crippen LogP contribution >= 0.6 is 27.3 Å². The van der Waals surface area contributed by atoms with Crippen molar-refractivity contribution in [3.05, 3.63) is 38.6 Å². The maximum atomic E-state index is 5.42. The predicted molar refractivity (Wildman–Crippen MR) is 85.7 cm³/mol. The highest BCUT2D eigenvalue weighted by Gasteiger charge is 2.03. The van der Waals surface area contributed by atoms with Crippen LogP contribution in [0.25, 0.3) is 0 Å². The molecule has 0 bridgehead atoms. The van der Waals surface area contributed by atoms with E-state index in [2.05, 4.69) is 39.2 Å². The van der Waals surface area contributed by atoms with E-state index in [4.69, 9.17) is 9.47 Å². The Morgan fingerprint density at radius 2 is 2.20 bits per heavy atom. The lowest BCUT2D eigenvalue weighted by atomic mass is 10.4. The monoisotopic (exact) mass is 356 g/mol. The third-order valence-corrected chi connectivity index (χ3v) is 4.79. The minimum atomic E-state index is 0.513. The summed E-state index contributed by atoms with van der Waals surface area (Å²) in [5, 5.41) is 3.34. The van der Waals surface area contributed by atoms with E-state index in [0.717, 1.165) is 12.2 Å². The number of pyridine rings is 1. The van der Waals surface area contributed by atoms with Crippen LogP contribution in [0.1, 0.15) is 9.75 Å². The number of nitrogens with zero attached hydrogens (tertiary/aromatic N) is 1. The third-order valence-electron chi connectivity index (χ3n) is 2.65. The molecule has 1 N–H and O–H groups in total. The SMILES string of the molecule is COCCOc1ccc(NCc2cc(Br)c(C)s2)cn1. The molecule has 2 rings (SSSR count). The van der Waals surface area contributed by atoms with E-state index in [1.54, 1.807) is 24.6 Å². The maximum absolute atomic E-state index is 5.42. The van der Waals surface area contributed by atoms with Gasteiger partial charge >= 0.3 is 0 Å². The molecule has 0 spiro atoms. The lowest BCUT2D eigenvalue weighted by molar-refractivity contribution is 0.144. The summed E-state index contributed by atoms with van der Waals surface area (Å²) in [7, 11) is 1.65. The number of ether oxygens (including phenoxy) is 2. The van der Waals surface area contributed by atoms with Crippen molar-refractivity contribution < 1.29 is 9.47 Å². The van der Waals surface area contributed by atoms with E-state index < -0.39 is 0 Å². The van der Waals surface area contributed by atoms with Crippen LogP contribution in [0.15, 0.2) is 28.9 Å². The molecule has 4 nitrogen and oxygen atoms in total. The Morgan fingerprint density at radius 3 is 2.80 bits per heavy atom. The molecule has 0 saturated heterocycles. The van der Waals surface area contributed by atoms with Crippen molar-refractivity contribution in [2.24, 2.45) is 0 Å². The number of anilines is 1. The van der Waals surface area contributed by atoms with Crippen molar-refractivity contribution in [1.29, 1.82) is 0 Å². The Morgan fingerprint density at radius 1 is 1.35 bits per heavy atom. The van der Waals surface area contributed by atoms with Crippen molar-refractivity contribution in [2.75, 3.05) is 25.6 Å². The minimum Gasteiger partial charge on any atom is -0.475 e. The molecule has 0 aliphatic carbocycles. The van der Waals surface area contributed by atoms with Crippen molar-refractivity contribution in [2.45, 2.75) is 13.5 Å². The van der Waals surface area contributed by atoms with Gasteiger partial charge in [0, 0.05) is 33.9 Å². The first kappa shape index (κ1) is 15.3. The van der Waals surface area contributed by atoms with Crippen LogP contribution in [-0.4, -0.2) is 25.3 Å². The van der Waals surface area contributed by atoms with Gasteiger partial charge in [0.25, 0.3) is 0 Å². The molecule has 2 heterocycles. The van der Waals surface area contributed by atoms with Gasteiger partial charge < -0.3 is 14.8 Å².